The lowest BCUT2D eigenvalue weighted by molar-refractivity contribution is -0.384. The summed E-state index contributed by atoms with van der Waals surface area (Å²) in [6, 6.07) is 11.1. The van der Waals surface area contributed by atoms with E-state index in [2.05, 4.69) is 26.2 Å². The Morgan fingerprint density at radius 2 is 1.95 bits per heavy atom. The highest BCUT2D eigenvalue weighted by molar-refractivity contribution is 9.10. The lowest BCUT2D eigenvalue weighted by Crippen LogP contribution is -2.11. The number of thiazole rings is 1. The highest BCUT2D eigenvalue weighted by Crippen LogP contribution is 2.28. The zero-order chi connectivity index (χ0) is 15.7. The number of halogens is 1. The smallest absolute Gasteiger partial charge is 0.269 e. The van der Waals surface area contributed by atoms with Gasteiger partial charge in [-0.05, 0) is 30.3 Å². The maximum Gasteiger partial charge on any atom is 0.269 e. The first-order valence-corrected chi connectivity index (χ1v) is 7.76. The molecule has 1 heterocycles. The first kappa shape index (κ1) is 14.6. The van der Waals surface area contributed by atoms with Crippen LogP contribution in [0.3, 0.4) is 0 Å². The predicted octanol–water partition coefficient (Wildman–Crippen LogP) is 4.22. The average Bonchev–Trinajstić information content (AvgIpc) is 2.88. The number of hydrogen-bond acceptors (Lipinski definition) is 5. The molecule has 2 aromatic carbocycles. The van der Waals surface area contributed by atoms with Crippen molar-refractivity contribution in [1.29, 1.82) is 0 Å². The first-order chi connectivity index (χ1) is 10.5. The van der Waals surface area contributed by atoms with Crippen molar-refractivity contribution in [3.8, 4) is 0 Å². The number of amides is 1. The van der Waals surface area contributed by atoms with E-state index in [4.69, 9.17) is 0 Å². The van der Waals surface area contributed by atoms with E-state index in [1.54, 1.807) is 0 Å². The molecular formula is C14H8BrN3O3S. The number of nitrogens with one attached hydrogen (secondary N) is 1. The van der Waals surface area contributed by atoms with Crippen molar-refractivity contribution in [2.24, 2.45) is 0 Å². The molecule has 1 N–H and O–H groups in total. The molecular weight excluding hydrogens is 370 g/mol. The minimum atomic E-state index is -0.507. The fourth-order valence-corrected chi connectivity index (χ4v) is 3.27. The van der Waals surface area contributed by atoms with Crippen LogP contribution in [-0.2, 0) is 0 Å². The average molecular weight is 378 g/mol. The fraction of sp³-hybridized carbons (Fsp3) is 0. The number of nitro benzene ring substituents is 1. The molecule has 0 aliphatic carbocycles. The SMILES string of the molecule is O=C(Nc1nc2ccc(Br)cc2s1)c1ccc([N+](=O)[O-])cc1. The van der Waals surface area contributed by atoms with Gasteiger partial charge in [0.25, 0.3) is 11.6 Å². The van der Waals surface area contributed by atoms with Gasteiger partial charge in [0, 0.05) is 22.2 Å². The molecule has 0 aliphatic rings. The number of hydrogen-bond donors (Lipinski definition) is 1. The van der Waals surface area contributed by atoms with Crippen molar-refractivity contribution in [2.75, 3.05) is 5.32 Å². The molecule has 3 rings (SSSR count). The van der Waals surface area contributed by atoms with Gasteiger partial charge in [-0.2, -0.15) is 0 Å². The molecule has 0 fully saturated rings. The standard InChI is InChI=1S/C14H8BrN3O3S/c15-9-3-6-11-12(7-9)22-14(16-11)17-13(19)8-1-4-10(5-2-8)18(20)21/h1-7H,(H,16,17,19). The number of benzene rings is 2. The van der Waals surface area contributed by atoms with Gasteiger partial charge < -0.3 is 0 Å². The van der Waals surface area contributed by atoms with Crippen LogP contribution in [-0.4, -0.2) is 15.8 Å². The molecule has 1 amide bonds. The molecule has 0 aliphatic heterocycles. The number of nitrogens with zero attached hydrogens (tertiary/aromatic N) is 2. The van der Waals surface area contributed by atoms with Gasteiger partial charge in [-0.25, -0.2) is 4.98 Å². The molecule has 22 heavy (non-hydrogen) atoms. The van der Waals surface area contributed by atoms with Gasteiger partial charge in [0.2, 0.25) is 0 Å². The van der Waals surface area contributed by atoms with Crippen molar-refractivity contribution in [3.05, 3.63) is 62.6 Å². The van der Waals surface area contributed by atoms with Crippen LogP contribution in [0.2, 0.25) is 0 Å². The monoisotopic (exact) mass is 377 g/mol. The second-order valence-electron chi connectivity index (χ2n) is 4.39. The van der Waals surface area contributed by atoms with Gasteiger partial charge in [-0.3, -0.25) is 20.2 Å². The minimum absolute atomic E-state index is 0.0543. The van der Waals surface area contributed by atoms with Crippen molar-refractivity contribution in [3.63, 3.8) is 0 Å². The summed E-state index contributed by atoms with van der Waals surface area (Å²) in [5.74, 6) is -0.354. The molecule has 0 saturated heterocycles. The normalized spacial score (nSPS) is 10.6. The van der Waals surface area contributed by atoms with Gasteiger partial charge >= 0.3 is 0 Å². The van der Waals surface area contributed by atoms with Crippen LogP contribution >= 0.6 is 27.3 Å². The molecule has 0 radical (unpaired) electrons. The third-order valence-corrected chi connectivity index (χ3v) is 4.34. The first-order valence-electron chi connectivity index (χ1n) is 6.15. The third kappa shape index (κ3) is 2.97. The fourth-order valence-electron chi connectivity index (χ4n) is 1.86. The molecule has 0 unspecified atom stereocenters. The van der Waals surface area contributed by atoms with Crippen LogP contribution < -0.4 is 5.32 Å². The summed E-state index contributed by atoms with van der Waals surface area (Å²) in [5, 5.41) is 13.8. The van der Waals surface area contributed by atoms with Crippen LogP contribution in [0.5, 0.6) is 0 Å². The highest BCUT2D eigenvalue weighted by atomic mass is 79.9. The molecule has 0 saturated carbocycles. The number of carbonyl (C=O) groups excluding carboxylic acids is 1. The molecule has 0 bridgehead atoms. The Morgan fingerprint density at radius 3 is 2.64 bits per heavy atom. The van der Waals surface area contributed by atoms with Crippen molar-refractivity contribution in [1.82, 2.24) is 4.98 Å². The quantitative estimate of drug-likeness (QED) is 0.546. The molecule has 8 heteroatoms. The Balaban J connectivity index is 1.81. The lowest BCUT2D eigenvalue weighted by Gasteiger charge is -2.00. The van der Waals surface area contributed by atoms with E-state index in [-0.39, 0.29) is 11.6 Å². The zero-order valence-corrected chi connectivity index (χ0v) is 13.3. The maximum atomic E-state index is 12.1. The summed E-state index contributed by atoms with van der Waals surface area (Å²) in [4.78, 5) is 26.5. The van der Waals surface area contributed by atoms with Gasteiger partial charge in [0.1, 0.15) is 0 Å². The maximum absolute atomic E-state index is 12.1. The summed E-state index contributed by atoms with van der Waals surface area (Å²) >= 11 is 4.75. The van der Waals surface area contributed by atoms with Crippen LogP contribution in [0.25, 0.3) is 10.2 Å². The number of fused-ring (bicyclic) bond motifs is 1. The van der Waals surface area contributed by atoms with E-state index < -0.39 is 4.92 Å². The van der Waals surface area contributed by atoms with Gasteiger partial charge in [-0.15, -0.1) is 0 Å². The topological polar surface area (TPSA) is 85.1 Å². The predicted molar refractivity (Wildman–Crippen MR) is 88.4 cm³/mol. The minimum Gasteiger partial charge on any atom is -0.298 e. The van der Waals surface area contributed by atoms with Crippen molar-refractivity contribution in [2.45, 2.75) is 0 Å². The molecule has 3 aromatic rings. The number of nitro groups is 1. The Labute approximate surface area is 137 Å². The Morgan fingerprint density at radius 1 is 1.23 bits per heavy atom. The van der Waals surface area contributed by atoms with Gasteiger partial charge in [0.05, 0.1) is 15.1 Å². The lowest BCUT2D eigenvalue weighted by atomic mass is 10.2. The van der Waals surface area contributed by atoms with Crippen LogP contribution in [0.1, 0.15) is 10.4 Å². The van der Waals surface area contributed by atoms with E-state index in [1.807, 2.05) is 18.2 Å². The van der Waals surface area contributed by atoms with Crippen LogP contribution in [0.4, 0.5) is 10.8 Å². The summed E-state index contributed by atoms with van der Waals surface area (Å²) in [5.41, 5.74) is 1.08. The number of carbonyl (C=O) groups is 1. The van der Waals surface area contributed by atoms with Crippen molar-refractivity contribution >= 4 is 54.2 Å². The Hall–Kier alpha value is -2.32. The number of non-ortho nitro benzene ring substituents is 1. The molecule has 0 spiro atoms. The van der Waals surface area contributed by atoms with E-state index in [9.17, 15) is 14.9 Å². The summed E-state index contributed by atoms with van der Waals surface area (Å²) < 4.78 is 1.89. The number of aromatic nitrogens is 1. The van der Waals surface area contributed by atoms with Crippen LogP contribution in [0, 0.1) is 10.1 Å². The second kappa shape index (κ2) is 5.82. The summed E-state index contributed by atoms with van der Waals surface area (Å²) in [6.45, 7) is 0. The summed E-state index contributed by atoms with van der Waals surface area (Å²) in [6.07, 6.45) is 0. The van der Waals surface area contributed by atoms with E-state index >= 15 is 0 Å². The van der Waals surface area contributed by atoms with E-state index in [1.165, 1.54) is 35.6 Å². The largest absolute Gasteiger partial charge is 0.298 e. The van der Waals surface area contributed by atoms with Crippen LogP contribution in [0.15, 0.2) is 46.9 Å². The second-order valence-corrected chi connectivity index (χ2v) is 6.34. The highest BCUT2D eigenvalue weighted by Gasteiger charge is 2.12. The van der Waals surface area contributed by atoms with Crippen molar-refractivity contribution < 1.29 is 9.72 Å². The summed E-state index contributed by atoms with van der Waals surface area (Å²) in [7, 11) is 0. The Bertz CT molecular complexity index is 877. The zero-order valence-electron chi connectivity index (χ0n) is 10.9. The number of anilines is 1. The third-order valence-electron chi connectivity index (χ3n) is 2.91. The van der Waals surface area contributed by atoms with E-state index in [0.29, 0.717) is 10.7 Å². The van der Waals surface area contributed by atoms with E-state index in [0.717, 1.165) is 14.7 Å². The van der Waals surface area contributed by atoms with Gasteiger partial charge in [-0.1, -0.05) is 27.3 Å². The van der Waals surface area contributed by atoms with Gasteiger partial charge in [0.15, 0.2) is 5.13 Å². The number of rotatable bonds is 3. The molecule has 1 aromatic heterocycles. The Kier molecular flexibility index (Phi) is 3.86. The molecule has 110 valence electrons. The molecule has 6 nitrogen and oxygen atoms in total. The molecule has 0 atom stereocenters.